The molecule has 0 aliphatic carbocycles. The van der Waals surface area contributed by atoms with Crippen LogP contribution in [0.2, 0.25) is 5.02 Å². The zero-order chi connectivity index (χ0) is 19.9. The van der Waals surface area contributed by atoms with Crippen LogP contribution < -0.4 is 5.32 Å². The molecule has 1 aliphatic rings. The van der Waals surface area contributed by atoms with E-state index in [0.717, 1.165) is 21.6 Å². The van der Waals surface area contributed by atoms with Gasteiger partial charge in [0.1, 0.15) is 11.8 Å². The smallest absolute Gasteiger partial charge is 0.325 e. The third-order valence-electron chi connectivity index (χ3n) is 4.85. The number of hydrogen-bond donors (Lipinski definition) is 1. The normalized spacial score (nSPS) is 19.2. The molecule has 4 rings (SSSR count). The molecule has 2 aromatic carbocycles. The summed E-state index contributed by atoms with van der Waals surface area (Å²) < 4.78 is 5.50. The van der Waals surface area contributed by atoms with Crippen LogP contribution in [0.1, 0.15) is 23.7 Å². The summed E-state index contributed by atoms with van der Waals surface area (Å²) in [5, 5.41) is 3.36. The number of hydrogen-bond acceptors (Lipinski definition) is 4. The van der Waals surface area contributed by atoms with E-state index >= 15 is 0 Å². The van der Waals surface area contributed by atoms with Gasteiger partial charge in [-0.1, -0.05) is 47.5 Å². The number of aryl methyl sites for hydroxylation is 1. The van der Waals surface area contributed by atoms with E-state index in [1.54, 1.807) is 25.1 Å². The first kappa shape index (κ1) is 18.3. The van der Waals surface area contributed by atoms with Gasteiger partial charge < -0.3 is 9.73 Å². The molecule has 0 bridgehead atoms. The molecular formula is C21H18ClN3O3. The molecule has 1 fully saturated rings. The number of carbonyl (C=O) groups is 2. The van der Waals surface area contributed by atoms with Gasteiger partial charge >= 0.3 is 6.03 Å². The average molecular weight is 396 g/mol. The first-order chi connectivity index (χ1) is 13.4. The van der Waals surface area contributed by atoms with Crippen molar-refractivity contribution in [2.45, 2.75) is 25.9 Å². The largest absolute Gasteiger partial charge is 0.444 e. The zero-order valence-corrected chi connectivity index (χ0v) is 16.2. The van der Waals surface area contributed by atoms with Gasteiger partial charge in [-0.3, -0.25) is 9.69 Å². The molecule has 1 unspecified atom stereocenters. The second-order valence-corrected chi connectivity index (χ2v) is 7.40. The lowest BCUT2D eigenvalue weighted by atomic mass is 9.91. The number of nitrogens with one attached hydrogen (secondary N) is 1. The maximum absolute atomic E-state index is 13.0. The van der Waals surface area contributed by atoms with Gasteiger partial charge in [0, 0.05) is 10.6 Å². The van der Waals surface area contributed by atoms with Crippen LogP contribution in [-0.4, -0.2) is 21.8 Å². The number of carbonyl (C=O) groups excluding carboxylic acids is 2. The van der Waals surface area contributed by atoms with Crippen molar-refractivity contribution < 1.29 is 14.0 Å². The molecule has 0 spiro atoms. The van der Waals surface area contributed by atoms with Crippen molar-refractivity contribution in [1.29, 1.82) is 0 Å². The first-order valence-electron chi connectivity index (χ1n) is 8.78. The molecule has 1 saturated heterocycles. The lowest BCUT2D eigenvalue weighted by molar-refractivity contribution is -0.131. The Morgan fingerprint density at radius 3 is 2.64 bits per heavy atom. The van der Waals surface area contributed by atoms with Gasteiger partial charge in [0.15, 0.2) is 0 Å². The number of aromatic nitrogens is 1. The van der Waals surface area contributed by atoms with Crippen molar-refractivity contribution in [3.63, 3.8) is 0 Å². The predicted octanol–water partition coefficient (Wildman–Crippen LogP) is 4.27. The highest BCUT2D eigenvalue weighted by Crippen LogP contribution is 2.30. The molecule has 7 heteroatoms. The van der Waals surface area contributed by atoms with E-state index in [1.165, 1.54) is 6.26 Å². The number of oxazole rings is 1. The Balaban J connectivity index is 1.56. The third kappa shape index (κ3) is 3.16. The van der Waals surface area contributed by atoms with Crippen molar-refractivity contribution >= 4 is 23.5 Å². The van der Waals surface area contributed by atoms with Crippen molar-refractivity contribution in [2.75, 3.05) is 0 Å². The number of nitrogens with zero attached hydrogens (tertiary/aromatic N) is 2. The van der Waals surface area contributed by atoms with Gasteiger partial charge in [0.2, 0.25) is 5.89 Å². The molecule has 1 aliphatic heterocycles. The minimum absolute atomic E-state index is 0.0240. The molecule has 1 aromatic heterocycles. The van der Waals surface area contributed by atoms with Crippen molar-refractivity contribution in [3.8, 4) is 11.5 Å². The van der Waals surface area contributed by atoms with Crippen LogP contribution in [0.5, 0.6) is 0 Å². The number of urea groups is 1. The van der Waals surface area contributed by atoms with Crippen LogP contribution in [0.25, 0.3) is 11.5 Å². The number of halogens is 1. The Bertz CT molecular complexity index is 1060. The topological polar surface area (TPSA) is 75.4 Å². The molecule has 142 valence electrons. The van der Waals surface area contributed by atoms with Crippen LogP contribution >= 0.6 is 11.6 Å². The van der Waals surface area contributed by atoms with Crippen LogP contribution in [-0.2, 0) is 16.9 Å². The van der Waals surface area contributed by atoms with Crippen LogP contribution in [0.15, 0.2) is 59.2 Å². The van der Waals surface area contributed by atoms with Gasteiger partial charge in [-0.2, -0.15) is 0 Å². The summed E-state index contributed by atoms with van der Waals surface area (Å²) in [5.41, 5.74) is 1.91. The Hall–Kier alpha value is -3.12. The summed E-state index contributed by atoms with van der Waals surface area (Å²) in [4.78, 5) is 31.0. The summed E-state index contributed by atoms with van der Waals surface area (Å²) in [7, 11) is 0. The molecule has 28 heavy (non-hydrogen) atoms. The van der Waals surface area contributed by atoms with Crippen molar-refractivity contribution in [3.05, 3.63) is 76.6 Å². The highest BCUT2D eigenvalue weighted by atomic mass is 35.5. The van der Waals surface area contributed by atoms with Gasteiger partial charge in [-0.15, -0.1) is 0 Å². The fraction of sp³-hybridized carbons (Fsp3) is 0.190. The molecule has 3 amide bonds. The summed E-state index contributed by atoms with van der Waals surface area (Å²) in [6.45, 7) is 3.70. The summed E-state index contributed by atoms with van der Waals surface area (Å²) in [5.74, 6) is 0.0551. The van der Waals surface area contributed by atoms with Crippen molar-refractivity contribution in [2.24, 2.45) is 0 Å². The third-order valence-corrected chi connectivity index (χ3v) is 5.08. The maximum Gasteiger partial charge on any atom is 0.325 e. The van der Waals surface area contributed by atoms with E-state index in [9.17, 15) is 9.59 Å². The Morgan fingerprint density at radius 2 is 1.93 bits per heavy atom. The van der Waals surface area contributed by atoms with E-state index < -0.39 is 11.6 Å². The molecule has 0 saturated carbocycles. The average Bonchev–Trinajstić information content (AvgIpc) is 3.22. The minimum Gasteiger partial charge on any atom is -0.444 e. The van der Waals surface area contributed by atoms with E-state index in [4.69, 9.17) is 16.0 Å². The highest BCUT2D eigenvalue weighted by molar-refractivity contribution is 6.30. The second kappa shape index (κ2) is 6.80. The molecule has 3 aromatic rings. The maximum atomic E-state index is 13.0. The summed E-state index contributed by atoms with van der Waals surface area (Å²) in [6, 6.07) is 14.2. The van der Waals surface area contributed by atoms with E-state index in [-0.39, 0.29) is 12.5 Å². The minimum atomic E-state index is -1.11. The monoisotopic (exact) mass is 395 g/mol. The highest BCUT2D eigenvalue weighted by Gasteiger charge is 2.49. The number of imide groups is 1. The molecule has 1 atom stereocenters. The number of benzene rings is 2. The quantitative estimate of drug-likeness (QED) is 0.669. The Kier molecular flexibility index (Phi) is 4.43. The molecule has 1 N–H and O–H groups in total. The van der Waals surface area contributed by atoms with E-state index in [2.05, 4.69) is 10.3 Å². The lowest BCUT2D eigenvalue weighted by Gasteiger charge is -2.22. The standard InChI is InChI=1S/C21H18ClN3O3/c1-13-6-8-15(9-7-13)21(2)19(26)25(20(27)24-21)11-17-12-28-18(23-17)14-4-3-5-16(22)10-14/h3-10,12H,11H2,1-2H3,(H,24,27). The zero-order valence-electron chi connectivity index (χ0n) is 15.4. The number of rotatable bonds is 4. The second-order valence-electron chi connectivity index (χ2n) is 6.97. The SMILES string of the molecule is Cc1ccc(C2(C)NC(=O)N(Cc3coc(-c4cccc(Cl)c4)n3)C2=O)cc1. The summed E-state index contributed by atoms with van der Waals surface area (Å²) in [6.07, 6.45) is 1.44. The number of amides is 3. The van der Waals surface area contributed by atoms with Crippen LogP contribution in [0.3, 0.4) is 0 Å². The molecule has 0 radical (unpaired) electrons. The van der Waals surface area contributed by atoms with E-state index in [0.29, 0.717) is 16.6 Å². The van der Waals surface area contributed by atoms with Gasteiger partial charge in [-0.25, -0.2) is 9.78 Å². The first-order valence-corrected chi connectivity index (χ1v) is 9.16. The van der Waals surface area contributed by atoms with Gasteiger partial charge in [-0.05, 0) is 37.6 Å². The molecule has 2 heterocycles. The van der Waals surface area contributed by atoms with Crippen LogP contribution in [0, 0.1) is 6.92 Å². The van der Waals surface area contributed by atoms with E-state index in [1.807, 2.05) is 37.3 Å². The Labute approximate surface area is 167 Å². The van der Waals surface area contributed by atoms with Crippen molar-refractivity contribution in [1.82, 2.24) is 15.2 Å². The fourth-order valence-corrected chi connectivity index (χ4v) is 3.41. The molecular weight excluding hydrogens is 378 g/mol. The molecule has 6 nitrogen and oxygen atoms in total. The Morgan fingerprint density at radius 1 is 1.18 bits per heavy atom. The van der Waals surface area contributed by atoms with Crippen LogP contribution in [0.4, 0.5) is 4.79 Å². The lowest BCUT2D eigenvalue weighted by Crippen LogP contribution is -2.40. The van der Waals surface area contributed by atoms with Gasteiger partial charge in [0.25, 0.3) is 5.91 Å². The predicted molar refractivity (Wildman–Crippen MR) is 105 cm³/mol. The summed E-state index contributed by atoms with van der Waals surface area (Å²) >= 11 is 6.00. The fourth-order valence-electron chi connectivity index (χ4n) is 3.22. The van der Waals surface area contributed by atoms with Gasteiger partial charge in [0.05, 0.1) is 12.2 Å².